The van der Waals surface area contributed by atoms with Crippen LogP contribution in [0, 0.1) is 17.2 Å². The highest BCUT2D eigenvalue weighted by Gasteiger charge is 2.39. The van der Waals surface area contributed by atoms with Crippen LogP contribution in [0.4, 0.5) is 11.6 Å². The van der Waals surface area contributed by atoms with Crippen LogP contribution in [0.3, 0.4) is 0 Å². The summed E-state index contributed by atoms with van der Waals surface area (Å²) in [7, 11) is 0. The summed E-state index contributed by atoms with van der Waals surface area (Å²) in [6.07, 6.45) is 2.35. The fourth-order valence-corrected chi connectivity index (χ4v) is 4.78. The molecule has 160 valence electrons. The number of amides is 2. The monoisotopic (exact) mass is 483 g/mol. The summed E-state index contributed by atoms with van der Waals surface area (Å²) in [4.78, 5) is 35.5. The van der Waals surface area contributed by atoms with Crippen LogP contribution in [-0.2, 0) is 9.59 Å². The third-order valence-electron chi connectivity index (χ3n) is 6.15. The number of aromatic nitrogens is 1. The van der Waals surface area contributed by atoms with E-state index in [0.717, 1.165) is 23.0 Å². The smallest absolute Gasteiger partial charge is 0.234 e. The highest BCUT2D eigenvalue weighted by molar-refractivity contribution is 9.10. The highest BCUT2D eigenvalue weighted by Crippen LogP contribution is 2.41. The van der Waals surface area contributed by atoms with Gasteiger partial charge in [0, 0.05) is 49.5 Å². The fourth-order valence-electron chi connectivity index (χ4n) is 4.28. The lowest BCUT2D eigenvalue weighted by Gasteiger charge is -2.35. The molecule has 9 heteroatoms. The molecule has 1 unspecified atom stereocenters. The highest BCUT2D eigenvalue weighted by atomic mass is 79.9. The van der Waals surface area contributed by atoms with Gasteiger partial charge in [-0.05, 0) is 40.9 Å². The van der Waals surface area contributed by atoms with Crippen molar-refractivity contribution in [2.45, 2.75) is 25.2 Å². The van der Waals surface area contributed by atoms with Crippen molar-refractivity contribution < 1.29 is 14.0 Å². The minimum absolute atomic E-state index is 0.0132. The Morgan fingerprint density at radius 1 is 1.19 bits per heavy atom. The Bertz CT molecular complexity index is 1070. The molecule has 2 aliphatic heterocycles. The largest absolute Gasteiger partial charge is 0.423 e. The van der Waals surface area contributed by atoms with Crippen LogP contribution in [-0.4, -0.2) is 54.4 Å². The molecule has 5 rings (SSSR count). The van der Waals surface area contributed by atoms with Crippen molar-refractivity contribution in [2.24, 2.45) is 5.92 Å². The third kappa shape index (κ3) is 3.81. The third-order valence-corrected chi connectivity index (χ3v) is 6.82. The van der Waals surface area contributed by atoms with E-state index in [0.29, 0.717) is 56.1 Å². The Morgan fingerprint density at radius 2 is 1.94 bits per heavy atom. The first kappa shape index (κ1) is 20.1. The number of carbonyl (C=O) groups excluding carboxylic acids is 2. The number of anilines is 2. The molecule has 1 aromatic carbocycles. The Labute approximate surface area is 188 Å². The number of oxazole rings is 1. The van der Waals surface area contributed by atoms with E-state index in [-0.39, 0.29) is 24.2 Å². The van der Waals surface area contributed by atoms with Crippen molar-refractivity contribution in [3.8, 4) is 6.07 Å². The molecular weight excluding hydrogens is 462 g/mol. The van der Waals surface area contributed by atoms with Gasteiger partial charge in [-0.3, -0.25) is 9.59 Å². The SMILES string of the molecule is N#Cc1nc(C2CC2)oc1N1CCN(C(=O)C2CC(=O)N(c3ccccc3Br)C2)CC1. The molecular formula is C22H22BrN5O3. The van der Waals surface area contributed by atoms with E-state index in [2.05, 4.69) is 27.0 Å². The second kappa shape index (κ2) is 8.00. The van der Waals surface area contributed by atoms with Crippen LogP contribution in [0.15, 0.2) is 33.2 Å². The molecule has 3 aliphatic rings. The molecule has 2 saturated heterocycles. The summed E-state index contributed by atoms with van der Waals surface area (Å²) in [5, 5.41) is 9.41. The molecule has 0 N–H and O–H groups in total. The molecule has 1 aliphatic carbocycles. The molecule has 3 fully saturated rings. The predicted octanol–water partition coefficient (Wildman–Crippen LogP) is 2.89. The second-order valence-electron chi connectivity index (χ2n) is 8.26. The number of hydrogen-bond donors (Lipinski definition) is 0. The first-order valence-corrected chi connectivity index (χ1v) is 11.3. The van der Waals surface area contributed by atoms with Crippen molar-refractivity contribution in [3.05, 3.63) is 40.3 Å². The number of para-hydroxylation sites is 1. The van der Waals surface area contributed by atoms with Crippen molar-refractivity contribution in [2.75, 3.05) is 42.5 Å². The number of rotatable bonds is 4. The molecule has 31 heavy (non-hydrogen) atoms. The molecule has 2 amide bonds. The van der Waals surface area contributed by atoms with Crippen molar-refractivity contribution in [1.29, 1.82) is 5.26 Å². The molecule has 3 heterocycles. The normalized spacial score (nSPS) is 21.5. The zero-order valence-corrected chi connectivity index (χ0v) is 18.5. The molecule has 0 spiro atoms. The summed E-state index contributed by atoms with van der Waals surface area (Å²) < 4.78 is 6.73. The van der Waals surface area contributed by atoms with E-state index in [4.69, 9.17) is 4.42 Å². The number of nitrogens with zero attached hydrogens (tertiary/aromatic N) is 5. The zero-order chi connectivity index (χ0) is 21.5. The lowest BCUT2D eigenvalue weighted by Crippen LogP contribution is -2.50. The Hall–Kier alpha value is -2.86. The van der Waals surface area contributed by atoms with Crippen LogP contribution in [0.5, 0.6) is 0 Å². The van der Waals surface area contributed by atoms with Crippen molar-refractivity contribution in [3.63, 3.8) is 0 Å². The molecule has 1 atom stereocenters. The number of benzene rings is 1. The Morgan fingerprint density at radius 3 is 2.61 bits per heavy atom. The quantitative estimate of drug-likeness (QED) is 0.663. The van der Waals surface area contributed by atoms with Gasteiger partial charge < -0.3 is 19.1 Å². The van der Waals surface area contributed by atoms with Crippen LogP contribution in [0.1, 0.15) is 36.8 Å². The standard InChI is InChI=1S/C22H22BrN5O3/c23-16-3-1-2-4-18(16)28-13-15(11-19(28)29)21(30)26-7-9-27(10-8-26)22-17(12-24)25-20(31-22)14-5-6-14/h1-4,14-15H,5-11,13H2. The van der Waals surface area contributed by atoms with Gasteiger partial charge in [0.25, 0.3) is 0 Å². The summed E-state index contributed by atoms with van der Waals surface area (Å²) in [5.74, 6) is 1.16. The van der Waals surface area contributed by atoms with E-state index in [9.17, 15) is 14.9 Å². The van der Waals surface area contributed by atoms with E-state index in [1.807, 2.05) is 34.1 Å². The number of nitriles is 1. The summed E-state index contributed by atoms with van der Waals surface area (Å²) >= 11 is 3.49. The van der Waals surface area contributed by atoms with Gasteiger partial charge in [0.2, 0.25) is 29.3 Å². The number of hydrogen-bond acceptors (Lipinski definition) is 6. The number of piperazine rings is 1. The summed E-state index contributed by atoms with van der Waals surface area (Å²) in [5.41, 5.74) is 1.13. The average Bonchev–Trinajstić information content (AvgIpc) is 3.44. The van der Waals surface area contributed by atoms with Gasteiger partial charge in [-0.2, -0.15) is 5.26 Å². The van der Waals surface area contributed by atoms with Gasteiger partial charge in [0.05, 0.1) is 11.6 Å². The molecule has 1 aromatic heterocycles. The number of carbonyl (C=O) groups is 2. The van der Waals surface area contributed by atoms with Crippen LogP contribution >= 0.6 is 15.9 Å². The Balaban J connectivity index is 1.22. The Kier molecular flexibility index (Phi) is 5.18. The van der Waals surface area contributed by atoms with E-state index < -0.39 is 0 Å². The van der Waals surface area contributed by atoms with Crippen LogP contribution in [0.2, 0.25) is 0 Å². The molecule has 2 aromatic rings. The molecule has 0 radical (unpaired) electrons. The van der Waals surface area contributed by atoms with Gasteiger partial charge in [-0.1, -0.05) is 12.1 Å². The minimum atomic E-state index is -0.340. The van der Waals surface area contributed by atoms with Gasteiger partial charge in [0.15, 0.2) is 0 Å². The topological polar surface area (TPSA) is 93.7 Å². The predicted molar refractivity (Wildman–Crippen MR) is 117 cm³/mol. The van der Waals surface area contributed by atoms with Gasteiger partial charge in [-0.15, -0.1) is 0 Å². The van der Waals surface area contributed by atoms with Crippen LogP contribution < -0.4 is 9.80 Å². The summed E-state index contributed by atoms with van der Waals surface area (Å²) in [6.45, 7) is 2.61. The maximum atomic E-state index is 13.1. The first-order valence-electron chi connectivity index (χ1n) is 10.5. The van der Waals surface area contributed by atoms with Gasteiger partial charge in [0.1, 0.15) is 6.07 Å². The molecule has 8 nitrogen and oxygen atoms in total. The van der Waals surface area contributed by atoms with Crippen LogP contribution in [0.25, 0.3) is 0 Å². The van der Waals surface area contributed by atoms with E-state index in [1.54, 1.807) is 4.90 Å². The van der Waals surface area contributed by atoms with Gasteiger partial charge in [-0.25, -0.2) is 4.98 Å². The summed E-state index contributed by atoms with van der Waals surface area (Å²) in [6, 6.07) is 9.69. The zero-order valence-electron chi connectivity index (χ0n) is 17.0. The maximum Gasteiger partial charge on any atom is 0.234 e. The average molecular weight is 484 g/mol. The first-order chi connectivity index (χ1) is 15.0. The second-order valence-corrected chi connectivity index (χ2v) is 9.12. The minimum Gasteiger partial charge on any atom is -0.423 e. The van der Waals surface area contributed by atoms with Crippen molar-refractivity contribution in [1.82, 2.24) is 9.88 Å². The van der Waals surface area contributed by atoms with Gasteiger partial charge >= 0.3 is 0 Å². The molecule has 0 bridgehead atoms. The van der Waals surface area contributed by atoms with E-state index in [1.165, 1.54) is 0 Å². The lowest BCUT2D eigenvalue weighted by molar-refractivity contribution is -0.136. The van der Waals surface area contributed by atoms with E-state index >= 15 is 0 Å². The maximum absolute atomic E-state index is 13.1. The molecule has 1 saturated carbocycles. The number of halogens is 1. The lowest BCUT2D eigenvalue weighted by atomic mass is 10.1. The fraction of sp³-hybridized carbons (Fsp3) is 0.455. The van der Waals surface area contributed by atoms with Crippen molar-refractivity contribution >= 4 is 39.3 Å².